The topological polar surface area (TPSA) is 61.4 Å². The number of likely N-dealkylation sites (N-methyl/N-ethyl adjacent to an activating group) is 1. The molecule has 2 amide bonds. The van der Waals surface area contributed by atoms with Crippen molar-refractivity contribution in [1.29, 1.82) is 0 Å². The maximum Gasteiger partial charge on any atom is 0.268 e. The number of hydrogen-bond acceptors (Lipinski definition) is 3. The van der Waals surface area contributed by atoms with Gasteiger partial charge in [-0.25, -0.2) is 0 Å². The van der Waals surface area contributed by atoms with E-state index in [-0.39, 0.29) is 11.8 Å². The van der Waals surface area contributed by atoms with E-state index in [1.165, 1.54) is 4.90 Å². The van der Waals surface area contributed by atoms with Gasteiger partial charge >= 0.3 is 0 Å². The van der Waals surface area contributed by atoms with Crippen LogP contribution in [-0.4, -0.2) is 36.5 Å². The van der Waals surface area contributed by atoms with Crippen molar-refractivity contribution in [1.82, 2.24) is 10.2 Å². The minimum Gasteiger partial charge on any atom is -0.355 e. The Labute approximate surface area is 99.8 Å². The molecular weight excluding hydrogens is 218 g/mol. The molecule has 1 unspecified atom stereocenters. The smallest absolute Gasteiger partial charge is 0.268 e. The summed E-state index contributed by atoms with van der Waals surface area (Å²) in [6.07, 6.45) is 0. The van der Waals surface area contributed by atoms with Gasteiger partial charge in [0.05, 0.1) is 5.56 Å². The predicted octanol–water partition coefficient (Wildman–Crippen LogP) is 0.646. The van der Waals surface area contributed by atoms with E-state index in [4.69, 9.17) is 0 Å². The number of amides is 2. The Morgan fingerprint density at radius 2 is 1.88 bits per heavy atom. The predicted molar refractivity (Wildman–Crippen MR) is 64.6 cm³/mol. The fourth-order valence-corrected chi connectivity index (χ4v) is 1.94. The summed E-state index contributed by atoms with van der Waals surface area (Å²) in [4.78, 5) is 25.4. The quantitative estimate of drug-likeness (QED) is 0.748. The Kier molecular flexibility index (Phi) is 2.53. The molecule has 1 heterocycles. The van der Waals surface area contributed by atoms with Crippen LogP contribution in [0.25, 0.3) is 0 Å². The van der Waals surface area contributed by atoms with Crippen LogP contribution in [0.15, 0.2) is 24.3 Å². The second-order valence-electron chi connectivity index (χ2n) is 4.45. The molecule has 5 heteroatoms. The van der Waals surface area contributed by atoms with Gasteiger partial charge in [0.2, 0.25) is 0 Å². The summed E-state index contributed by atoms with van der Waals surface area (Å²) in [7, 11) is 3.31. The number of nitrogens with zero attached hydrogens (tertiary/aromatic N) is 1. The number of carbonyl (C=O) groups excluding carboxylic acids is 2. The number of benzene rings is 1. The molecule has 1 atom stereocenters. The van der Waals surface area contributed by atoms with E-state index in [1.54, 1.807) is 39.2 Å². The first-order chi connectivity index (χ1) is 7.94. The molecule has 5 nitrogen and oxygen atoms in total. The van der Waals surface area contributed by atoms with Crippen molar-refractivity contribution in [2.75, 3.05) is 19.4 Å². The first kappa shape index (κ1) is 11.4. The first-order valence-corrected chi connectivity index (χ1v) is 5.35. The number of rotatable bonds is 1. The van der Waals surface area contributed by atoms with Crippen molar-refractivity contribution in [3.05, 3.63) is 29.8 Å². The SMILES string of the molecule is CN(C)C(=O)C1(C)NC(=O)c2ccccc2N1. The zero-order valence-electron chi connectivity index (χ0n) is 10.1. The fraction of sp³-hybridized carbons (Fsp3) is 0.333. The monoisotopic (exact) mass is 233 g/mol. The summed E-state index contributed by atoms with van der Waals surface area (Å²) >= 11 is 0. The lowest BCUT2D eigenvalue weighted by atomic mass is 10.0. The fourth-order valence-electron chi connectivity index (χ4n) is 1.94. The number of carbonyl (C=O) groups is 2. The molecule has 90 valence electrons. The highest BCUT2D eigenvalue weighted by atomic mass is 16.2. The Morgan fingerprint density at radius 3 is 2.53 bits per heavy atom. The number of nitrogens with one attached hydrogen (secondary N) is 2. The molecule has 0 aliphatic carbocycles. The van der Waals surface area contributed by atoms with Gasteiger partial charge in [-0.1, -0.05) is 12.1 Å². The molecule has 0 saturated heterocycles. The average Bonchev–Trinajstić information content (AvgIpc) is 2.27. The van der Waals surface area contributed by atoms with Crippen molar-refractivity contribution in [2.24, 2.45) is 0 Å². The maximum atomic E-state index is 12.0. The third kappa shape index (κ3) is 1.84. The van der Waals surface area contributed by atoms with Crippen molar-refractivity contribution < 1.29 is 9.59 Å². The second-order valence-corrected chi connectivity index (χ2v) is 4.45. The van der Waals surface area contributed by atoms with Crippen LogP contribution in [0.3, 0.4) is 0 Å². The second kappa shape index (κ2) is 3.76. The van der Waals surface area contributed by atoms with Crippen LogP contribution in [0, 0.1) is 0 Å². The molecule has 2 N–H and O–H groups in total. The lowest BCUT2D eigenvalue weighted by Crippen LogP contribution is -2.63. The number of hydrogen-bond donors (Lipinski definition) is 2. The zero-order valence-corrected chi connectivity index (χ0v) is 10.1. The van der Waals surface area contributed by atoms with E-state index in [0.29, 0.717) is 11.3 Å². The Morgan fingerprint density at radius 1 is 1.24 bits per heavy atom. The molecule has 1 aliphatic rings. The molecule has 1 aromatic rings. The van der Waals surface area contributed by atoms with Crippen molar-refractivity contribution in [3.8, 4) is 0 Å². The van der Waals surface area contributed by atoms with E-state index >= 15 is 0 Å². The Bertz CT molecular complexity index is 484. The number of fused-ring (bicyclic) bond motifs is 1. The summed E-state index contributed by atoms with van der Waals surface area (Å²) in [6, 6.07) is 7.12. The summed E-state index contributed by atoms with van der Waals surface area (Å²) < 4.78 is 0. The summed E-state index contributed by atoms with van der Waals surface area (Å²) in [5.74, 6) is -0.433. The molecule has 1 aliphatic heterocycles. The summed E-state index contributed by atoms with van der Waals surface area (Å²) in [5, 5.41) is 5.75. The van der Waals surface area contributed by atoms with Crippen LogP contribution in [-0.2, 0) is 4.79 Å². The van der Waals surface area contributed by atoms with Gasteiger partial charge in [0.1, 0.15) is 0 Å². The van der Waals surface area contributed by atoms with E-state index in [2.05, 4.69) is 10.6 Å². The molecule has 1 aromatic carbocycles. The van der Waals surface area contributed by atoms with Crippen molar-refractivity contribution in [3.63, 3.8) is 0 Å². The van der Waals surface area contributed by atoms with E-state index in [0.717, 1.165) is 0 Å². The van der Waals surface area contributed by atoms with Gasteiger partial charge in [0.15, 0.2) is 5.66 Å². The van der Waals surface area contributed by atoms with Gasteiger partial charge in [0.25, 0.3) is 11.8 Å². The number of anilines is 1. The molecule has 0 aromatic heterocycles. The lowest BCUT2D eigenvalue weighted by Gasteiger charge is -2.37. The molecule has 0 radical (unpaired) electrons. The maximum absolute atomic E-state index is 12.0. The van der Waals surface area contributed by atoms with Crippen LogP contribution >= 0.6 is 0 Å². The highest BCUT2D eigenvalue weighted by Gasteiger charge is 2.40. The Balaban J connectivity index is 2.40. The molecule has 0 fully saturated rings. The van der Waals surface area contributed by atoms with Crippen molar-refractivity contribution in [2.45, 2.75) is 12.6 Å². The van der Waals surface area contributed by atoms with Crippen LogP contribution < -0.4 is 10.6 Å². The standard InChI is InChI=1S/C12H15N3O2/c1-12(11(17)15(2)3)13-9-7-5-4-6-8(9)10(16)14-12/h4-7,13H,1-3H3,(H,14,16). The van der Waals surface area contributed by atoms with E-state index in [1.807, 2.05) is 6.07 Å². The first-order valence-electron chi connectivity index (χ1n) is 5.35. The molecular formula is C12H15N3O2. The van der Waals surface area contributed by atoms with E-state index < -0.39 is 5.66 Å². The third-order valence-electron chi connectivity index (χ3n) is 2.75. The highest BCUT2D eigenvalue weighted by molar-refractivity contribution is 6.06. The number of para-hydroxylation sites is 1. The molecule has 0 bridgehead atoms. The van der Waals surface area contributed by atoms with Gasteiger partial charge in [0, 0.05) is 19.8 Å². The van der Waals surface area contributed by atoms with Gasteiger partial charge in [-0.3, -0.25) is 9.59 Å². The van der Waals surface area contributed by atoms with Gasteiger partial charge in [-0.05, 0) is 19.1 Å². The zero-order chi connectivity index (χ0) is 12.6. The van der Waals surface area contributed by atoms with Crippen LogP contribution in [0.4, 0.5) is 5.69 Å². The van der Waals surface area contributed by atoms with Gasteiger partial charge in [-0.15, -0.1) is 0 Å². The minimum atomic E-state index is -1.09. The summed E-state index contributed by atoms with van der Waals surface area (Å²) in [5.41, 5.74) is 0.139. The lowest BCUT2D eigenvalue weighted by molar-refractivity contribution is -0.133. The highest BCUT2D eigenvalue weighted by Crippen LogP contribution is 2.24. The van der Waals surface area contributed by atoms with Crippen LogP contribution in [0.2, 0.25) is 0 Å². The Hall–Kier alpha value is -2.04. The molecule has 2 rings (SSSR count). The van der Waals surface area contributed by atoms with Crippen LogP contribution in [0.5, 0.6) is 0 Å². The van der Waals surface area contributed by atoms with Gasteiger partial charge < -0.3 is 15.5 Å². The van der Waals surface area contributed by atoms with Crippen molar-refractivity contribution >= 4 is 17.5 Å². The summed E-state index contributed by atoms with van der Waals surface area (Å²) in [6.45, 7) is 1.66. The van der Waals surface area contributed by atoms with Crippen LogP contribution in [0.1, 0.15) is 17.3 Å². The van der Waals surface area contributed by atoms with Gasteiger partial charge in [-0.2, -0.15) is 0 Å². The normalized spacial score (nSPS) is 22.2. The largest absolute Gasteiger partial charge is 0.355 e. The average molecular weight is 233 g/mol. The molecule has 0 spiro atoms. The molecule has 17 heavy (non-hydrogen) atoms. The van der Waals surface area contributed by atoms with E-state index in [9.17, 15) is 9.59 Å². The minimum absolute atomic E-state index is 0.194. The molecule has 0 saturated carbocycles. The third-order valence-corrected chi connectivity index (χ3v) is 2.75.